The van der Waals surface area contributed by atoms with Crippen molar-refractivity contribution in [3.8, 4) is 0 Å². The summed E-state index contributed by atoms with van der Waals surface area (Å²) >= 11 is 0. The SMILES string of the molecule is C[C@H](COS(C)(=O)=O)CN1CCC(c2onc3cc(F)ccc23)CC1. The lowest BCUT2D eigenvalue weighted by Gasteiger charge is -2.32. The Labute approximate surface area is 147 Å². The molecule has 1 aromatic carbocycles. The number of hydrogen-bond donors (Lipinski definition) is 0. The molecule has 1 aliphatic heterocycles. The van der Waals surface area contributed by atoms with Gasteiger partial charge in [-0.05, 0) is 44.0 Å². The molecule has 138 valence electrons. The van der Waals surface area contributed by atoms with Gasteiger partial charge in [0, 0.05) is 23.9 Å². The summed E-state index contributed by atoms with van der Waals surface area (Å²) in [6.45, 7) is 4.78. The van der Waals surface area contributed by atoms with Gasteiger partial charge < -0.3 is 9.42 Å². The number of piperidine rings is 1. The van der Waals surface area contributed by atoms with Crippen LogP contribution >= 0.6 is 0 Å². The average molecular weight is 370 g/mol. The van der Waals surface area contributed by atoms with Crippen molar-refractivity contribution in [2.24, 2.45) is 5.92 Å². The summed E-state index contributed by atoms with van der Waals surface area (Å²) in [4.78, 5) is 2.31. The van der Waals surface area contributed by atoms with Gasteiger partial charge in [-0.25, -0.2) is 4.39 Å². The Morgan fingerprint density at radius 3 is 2.80 bits per heavy atom. The van der Waals surface area contributed by atoms with Crippen molar-refractivity contribution >= 4 is 21.0 Å². The topological polar surface area (TPSA) is 72.6 Å². The fraction of sp³-hybridized carbons (Fsp3) is 0.588. The Morgan fingerprint density at radius 1 is 1.40 bits per heavy atom. The Morgan fingerprint density at radius 2 is 2.12 bits per heavy atom. The van der Waals surface area contributed by atoms with Crippen LogP contribution in [0.4, 0.5) is 4.39 Å². The van der Waals surface area contributed by atoms with E-state index in [9.17, 15) is 12.8 Å². The molecule has 1 atom stereocenters. The molecule has 0 radical (unpaired) electrons. The lowest BCUT2D eigenvalue weighted by atomic mass is 9.92. The number of benzene rings is 1. The zero-order valence-electron chi connectivity index (χ0n) is 14.4. The van der Waals surface area contributed by atoms with E-state index in [-0.39, 0.29) is 24.3 Å². The van der Waals surface area contributed by atoms with Gasteiger partial charge in [-0.3, -0.25) is 4.18 Å². The van der Waals surface area contributed by atoms with E-state index in [0.717, 1.165) is 49.9 Å². The molecule has 0 unspecified atom stereocenters. The van der Waals surface area contributed by atoms with Crippen molar-refractivity contribution in [2.75, 3.05) is 32.5 Å². The first kappa shape index (κ1) is 18.3. The van der Waals surface area contributed by atoms with Gasteiger partial charge in [0.25, 0.3) is 10.1 Å². The van der Waals surface area contributed by atoms with E-state index in [1.165, 1.54) is 12.1 Å². The van der Waals surface area contributed by atoms with E-state index in [2.05, 4.69) is 10.1 Å². The number of likely N-dealkylation sites (tertiary alicyclic amines) is 1. The maximum Gasteiger partial charge on any atom is 0.264 e. The summed E-state index contributed by atoms with van der Waals surface area (Å²) in [6.07, 6.45) is 2.93. The summed E-state index contributed by atoms with van der Waals surface area (Å²) in [6, 6.07) is 4.55. The second kappa shape index (κ2) is 7.39. The smallest absolute Gasteiger partial charge is 0.264 e. The fourth-order valence-electron chi connectivity index (χ4n) is 3.34. The van der Waals surface area contributed by atoms with Crippen molar-refractivity contribution in [3.05, 3.63) is 29.8 Å². The second-order valence-corrected chi connectivity index (χ2v) is 8.52. The lowest BCUT2D eigenvalue weighted by Crippen LogP contribution is -2.37. The fourth-order valence-corrected chi connectivity index (χ4v) is 3.82. The number of aromatic nitrogens is 1. The predicted octanol–water partition coefficient (Wildman–Crippen LogP) is 2.76. The molecule has 1 fully saturated rings. The van der Waals surface area contributed by atoms with Gasteiger partial charge in [0.2, 0.25) is 0 Å². The third kappa shape index (κ3) is 4.77. The predicted molar refractivity (Wildman–Crippen MR) is 92.3 cm³/mol. The first-order valence-corrected chi connectivity index (χ1v) is 10.2. The van der Waals surface area contributed by atoms with Gasteiger partial charge >= 0.3 is 0 Å². The molecule has 0 N–H and O–H groups in total. The van der Waals surface area contributed by atoms with Crippen LogP contribution in [0.25, 0.3) is 10.9 Å². The van der Waals surface area contributed by atoms with Crippen LogP contribution in [0, 0.1) is 11.7 Å². The van der Waals surface area contributed by atoms with Crippen molar-refractivity contribution < 1.29 is 21.5 Å². The van der Waals surface area contributed by atoms with Crippen LogP contribution in [0.1, 0.15) is 31.4 Å². The van der Waals surface area contributed by atoms with Crippen LogP contribution in [0.15, 0.2) is 22.7 Å². The Balaban J connectivity index is 1.54. The van der Waals surface area contributed by atoms with Gasteiger partial charge in [-0.2, -0.15) is 8.42 Å². The highest BCUT2D eigenvalue weighted by Gasteiger charge is 2.26. The van der Waals surface area contributed by atoms with Crippen LogP contribution in [-0.2, 0) is 14.3 Å². The van der Waals surface area contributed by atoms with E-state index in [4.69, 9.17) is 8.71 Å². The zero-order valence-corrected chi connectivity index (χ0v) is 15.3. The number of rotatable bonds is 6. The highest BCUT2D eigenvalue weighted by Crippen LogP contribution is 2.33. The molecule has 1 aliphatic rings. The highest BCUT2D eigenvalue weighted by molar-refractivity contribution is 7.85. The summed E-state index contributed by atoms with van der Waals surface area (Å²) in [5.74, 6) is 0.935. The average Bonchev–Trinajstić information content (AvgIpc) is 2.96. The maximum atomic E-state index is 13.3. The maximum absolute atomic E-state index is 13.3. The molecule has 6 nitrogen and oxygen atoms in total. The molecular weight excluding hydrogens is 347 g/mol. The number of nitrogens with zero attached hydrogens (tertiary/aromatic N) is 2. The molecule has 1 aromatic heterocycles. The minimum atomic E-state index is -3.39. The lowest BCUT2D eigenvalue weighted by molar-refractivity contribution is 0.153. The number of hydrogen-bond acceptors (Lipinski definition) is 6. The second-order valence-electron chi connectivity index (χ2n) is 6.88. The number of fused-ring (bicyclic) bond motifs is 1. The monoisotopic (exact) mass is 370 g/mol. The molecule has 2 heterocycles. The van der Waals surface area contributed by atoms with Crippen LogP contribution in [0.3, 0.4) is 0 Å². The molecule has 0 spiro atoms. The van der Waals surface area contributed by atoms with E-state index in [1.54, 1.807) is 6.07 Å². The molecule has 0 bridgehead atoms. The van der Waals surface area contributed by atoms with Gasteiger partial charge in [0.1, 0.15) is 17.1 Å². The summed E-state index contributed by atoms with van der Waals surface area (Å²) in [5.41, 5.74) is 0.559. The third-order valence-electron chi connectivity index (χ3n) is 4.56. The minimum absolute atomic E-state index is 0.139. The molecule has 0 saturated carbocycles. The van der Waals surface area contributed by atoms with E-state index in [0.29, 0.717) is 5.52 Å². The minimum Gasteiger partial charge on any atom is -0.360 e. The standard InChI is InChI=1S/C17H23FN2O4S/c1-12(11-23-25(2,21)22)10-20-7-5-13(6-8-20)17-15-4-3-14(18)9-16(15)19-24-17/h3-4,9,12-13H,5-8,10-11H2,1-2H3/t12-/m0/s1. The molecule has 25 heavy (non-hydrogen) atoms. The van der Waals surface area contributed by atoms with Crippen molar-refractivity contribution in [2.45, 2.75) is 25.7 Å². The molecule has 8 heteroatoms. The van der Waals surface area contributed by atoms with Gasteiger partial charge in [-0.15, -0.1) is 0 Å². The zero-order chi connectivity index (χ0) is 18.0. The van der Waals surface area contributed by atoms with Crippen LogP contribution < -0.4 is 0 Å². The largest absolute Gasteiger partial charge is 0.360 e. The van der Waals surface area contributed by atoms with E-state index in [1.807, 2.05) is 6.92 Å². The van der Waals surface area contributed by atoms with E-state index >= 15 is 0 Å². The normalized spacial score (nSPS) is 18.7. The molecule has 0 amide bonds. The summed E-state index contributed by atoms with van der Waals surface area (Å²) in [7, 11) is -3.39. The molecular formula is C17H23FN2O4S. The Hall–Kier alpha value is -1.51. The quantitative estimate of drug-likeness (QED) is 0.728. The van der Waals surface area contributed by atoms with Crippen molar-refractivity contribution in [1.29, 1.82) is 0 Å². The first-order valence-electron chi connectivity index (χ1n) is 8.43. The van der Waals surface area contributed by atoms with Gasteiger partial charge in [0.05, 0.1) is 12.9 Å². The Bertz CT molecular complexity index is 828. The third-order valence-corrected chi connectivity index (χ3v) is 5.13. The first-order chi connectivity index (χ1) is 11.8. The Kier molecular flexibility index (Phi) is 5.41. The van der Waals surface area contributed by atoms with Crippen molar-refractivity contribution in [3.63, 3.8) is 0 Å². The molecule has 2 aromatic rings. The van der Waals surface area contributed by atoms with E-state index < -0.39 is 10.1 Å². The van der Waals surface area contributed by atoms with Crippen LogP contribution in [0.2, 0.25) is 0 Å². The van der Waals surface area contributed by atoms with Crippen LogP contribution in [0.5, 0.6) is 0 Å². The van der Waals surface area contributed by atoms with Gasteiger partial charge in [-0.1, -0.05) is 12.1 Å². The number of halogens is 1. The van der Waals surface area contributed by atoms with Gasteiger partial charge in [0.15, 0.2) is 0 Å². The van der Waals surface area contributed by atoms with Crippen molar-refractivity contribution in [1.82, 2.24) is 10.1 Å². The highest BCUT2D eigenvalue weighted by atomic mass is 32.2. The molecule has 1 saturated heterocycles. The molecule has 0 aliphatic carbocycles. The van der Waals surface area contributed by atoms with Crippen LogP contribution in [-0.4, -0.2) is 51.0 Å². The molecule has 3 rings (SSSR count). The summed E-state index contributed by atoms with van der Waals surface area (Å²) < 4.78 is 45.7. The summed E-state index contributed by atoms with van der Waals surface area (Å²) in [5, 5.41) is 4.85.